The van der Waals surface area contributed by atoms with Gasteiger partial charge in [-0.15, -0.1) is 0 Å². The Morgan fingerprint density at radius 1 is 0.319 bits per heavy atom. The lowest BCUT2D eigenvalue weighted by molar-refractivity contribution is 1.28. The van der Waals surface area contributed by atoms with Crippen LogP contribution in [0.3, 0.4) is 0 Å². The van der Waals surface area contributed by atoms with Gasteiger partial charge in [0, 0.05) is 17.1 Å². The fourth-order valence-corrected chi connectivity index (χ4v) is 5.85. The second-order valence-corrected chi connectivity index (χ2v) is 11.2. The molecule has 8 aromatic rings. The van der Waals surface area contributed by atoms with Gasteiger partial charge in [0.05, 0.1) is 11.0 Å². The van der Waals surface area contributed by atoms with Crippen molar-refractivity contribution in [3.8, 4) is 44.5 Å². The maximum Gasteiger partial charge on any atom is 0.0645 e. The van der Waals surface area contributed by atoms with Crippen molar-refractivity contribution in [3.63, 3.8) is 0 Å². The maximum atomic E-state index is 9.43. The van der Waals surface area contributed by atoms with Crippen LogP contribution in [0.4, 0.5) is 17.1 Å². The van der Waals surface area contributed by atoms with Crippen molar-refractivity contribution in [3.05, 3.63) is 200 Å². The molecule has 0 N–H and O–H groups in total. The van der Waals surface area contributed by atoms with Gasteiger partial charge in [-0.05, 0) is 97.6 Å². The highest BCUT2D eigenvalue weighted by atomic mass is 15.1. The predicted octanol–water partition coefficient (Wildman–Crippen LogP) is 13.0. The molecule has 0 spiro atoms. The Kier molecular flexibility index (Phi) is 5.60. The monoisotopic (exact) mass is 607 g/mol. The normalized spacial score (nSPS) is 13.4. The Labute approximate surface area is 287 Å². The molecule has 0 aromatic heterocycles. The van der Waals surface area contributed by atoms with Gasteiger partial charge < -0.3 is 4.90 Å². The van der Waals surface area contributed by atoms with E-state index >= 15 is 0 Å². The first kappa shape index (κ1) is 20.8. The second kappa shape index (κ2) is 12.7. The van der Waals surface area contributed by atoms with E-state index in [1.165, 1.54) is 4.90 Å². The summed E-state index contributed by atoms with van der Waals surface area (Å²) in [4.78, 5) is 1.33. The minimum absolute atomic E-state index is 0.110. The van der Waals surface area contributed by atoms with Crippen molar-refractivity contribution in [2.45, 2.75) is 0 Å². The van der Waals surface area contributed by atoms with Gasteiger partial charge in [0.15, 0.2) is 0 Å². The molecular weight excluding hydrogens is 567 g/mol. The number of rotatable bonds is 7. The highest BCUT2D eigenvalue weighted by Crippen LogP contribution is 2.38. The van der Waals surface area contributed by atoms with E-state index in [4.69, 9.17) is 2.74 Å². The largest absolute Gasteiger partial charge is 0.311 e. The number of hydrogen-bond acceptors (Lipinski definition) is 1. The van der Waals surface area contributed by atoms with Crippen molar-refractivity contribution < 1.29 is 11.0 Å². The molecule has 0 aliphatic heterocycles. The van der Waals surface area contributed by atoms with E-state index in [0.29, 0.717) is 16.8 Å². The van der Waals surface area contributed by atoms with Crippen LogP contribution in [0.2, 0.25) is 0 Å². The standard InChI is InChI=1S/C46H33N/c1-3-11-34(12-4-1)36-21-27-42(28-22-36)47(43-29-23-37(24-30-43)35-13-5-2-6-14-35)44-31-25-38(26-32-44)40-17-9-18-41(33-40)46-20-10-16-39-15-7-8-19-45(39)46/h1-33H/i21D,22D,25D,26D,27D,28D,31D,32D. The molecule has 8 aromatic carbocycles. The summed E-state index contributed by atoms with van der Waals surface area (Å²) in [6, 6.07) is 44.4. The molecule has 222 valence electrons. The van der Waals surface area contributed by atoms with E-state index in [0.717, 1.165) is 33.0 Å². The fraction of sp³-hybridized carbons (Fsp3) is 0. The molecular formula is C46H33N. The molecule has 0 aliphatic rings. The van der Waals surface area contributed by atoms with Gasteiger partial charge in [0.25, 0.3) is 0 Å². The van der Waals surface area contributed by atoms with Gasteiger partial charge in [-0.2, -0.15) is 0 Å². The third kappa shape index (κ3) is 5.83. The first-order valence-corrected chi connectivity index (χ1v) is 15.5. The number of fused-ring (bicyclic) bond motifs is 1. The van der Waals surface area contributed by atoms with Crippen LogP contribution >= 0.6 is 0 Å². The summed E-state index contributed by atoms with van der Waals surface area (Å²) in [6.07, 6.45) is 0. The van der Waals surface area contributed by atoms with Crippen LogP contribution in [-0.2, 0) is 0 Å². The molecule has 1 heteroatoms. The average molecular weight is 608 g/mol. The number of nitrogens with zero attached hydrogens (tertiary/aromatic N) is 1. The molecule has 0 radical (unpaired) electrons. The predicted molar refractivity (Wildman–Crippen MR) is 200 cm³/mol. The van der Waals surface area contributed by atoms with E-state index in [9.17, 15) is 8.22 Å². The van der Waals surface area contributed by atoms with Gasteiger partial charge >= 0.3 is 0 Å². The first-order chi connectivity index (χ1) is 26.7. The summed E-state index contributed by atoms with van der Waals surface area (Å²) in [5.74, 6) is 0. The topological polar surface area (TPSA) is 3.24 Å². The summed E-state index contributed by atoms with van der Waals surface area (Å²) < 4.78 is 74.2. The zero-order valence-corrected chi connectivity index (χ0v) is 25.4. The van der Waals surface area contributed by atoms with E-state index in [2.05, 4.69) is 0 Å². The molecule has 1 nitrogen and oxygen atoms in total. The molecule has 0 heterocycles. The SMILES string of the molecule is [2H]c1c([2H])c(N(c2ccc(-c3ccccc3)cc2)c2c([2H])c([2H])c(-c3cccc(-c4cccc5ccccc45)c3)c([2H])c2[2H])c([2H])c([2H])c1-c1ccccc1. The highest BCUT2D eigenvalue weighted by molar-refractivity contribution is 5.97. The lowest BCUT2D eigenvalue weighted by Crippen LogP contribution is -2.09. The van der Waals surface area contributed by atoms with E-state index in [1.54, 1.807) is 48.5 Å². The van der Waals surface area contributed by atoms with Gasteiger partial charge in [0.2, 0.25) is 0 Å². The fourth-order valence-electron chi connectivity index (χ4n) is 5.85. The Bertz CT molecular complexity index is 2670. The quantitative estimate of drug-likeness (QED) is 0.174. The Morgan fingerprint density at radius 3 is 1.45 bits per heavy atom. The van der Waals surface area contributed by atoms with Crippen LogP contribution in [0.1, 0.15) is 11.0 Å². The molecule has 0 unspecified atom stereocenters. The van der Waals surface area contributed by atoms with Gasteiger partial charge in [-0.3, -0.25) is 0 Å². The summed E-state index contributed by atoms with van der Waals surface area (Å²) in [5, 5.41) is 2.12. The van der Waals surface area contributed by atoms with Gasteiger partial charge in [0.1, 0.15) is 0 Å². The van der Waals surface area contributed by atoms with Crippen LogP contribution in [0.15, 0.2) is 200 Å². The van der Waals surface area contributed by atoms with Crippen LogP contribution in [0.5, 0.6) is 0 Å². The van der Waals surface area contributed by atoms with Crippen molar-refractivity contribution in [2.75, 3.05) is 4.90 Å². The van der Waals surface area contributed by atoms with Gasteiger partial charge in [-0.25, -0.2) is 0 Å². The zero-order chi connectivity index (χ0) is 38.4. The molecule has 0 saturated carbocycles. The van der Waals surface area contributed by atoms with Crippen LogP contribution in [0, 0.1) is 0 Å². The zero-order valence-electron chi connectivity index (χ0n) is 33.4. The molecule has 8 rings (SSSR count). The molecule has 0 saturated heterocycles. The van der Waals surface area contributed by atoms with E-state index in [-0.39, 0.29) is 70.8 Å². The number of anilines is 3. The third-order valence-electron chi connectivity index (χ3n) is 8.22. The first-order valence-electron chi connectivity index (χ1n) is 19.5. The number of hydrogen-bond donors (Lipinski definition) is 0. The minimum atomic E-state index is -0.386. The molecule has 0 amide bonds. The maximum absolute atomic E-state index is 9.43. The average Bonchev–Trinajstić information content (AvgIpc) is 3.22. The summed E-state index contributed by atoms with van der Waals surface area (Å²) in [7, 11) is 0. The third-order valence-corrected chi connectivity index (χ3v) is 8.22. The van der Waals surface area contributed by atoms with E-state index < -0.39 is 0 Å². The molecule has 0 atom stereocenters. The van der Waals surface area contributed by atoms with Crippen LogP contribution in [0.25, 0.3) is 55.3 Å². The lowest BCUT2D eigenvalue weighted by atomic mass is 9.95. The number of benzene rings is 8. The second-order valence-electron chi connectivity index (χ2n) is 11.2. The highest BCUT2D eigenvalue weighted by Gasteiger charge is 2.14. The molecule has 0 bridgehead atoms. The summed E-state index contributed by atoms with van der Waals surface area (Å²) in [5.41, 5.74) is 4.89. The van der Waals surface area contributed by atoms with Gasteiger partial charge in [-0.1, -0.05) is 158 Å². The van der Waals surface area contributed by atoms with Crippen molar-refractivity contribution in [1.82, 2.24) is 0 Å². The van der Waals surface area contributed by atoms with Crippen molar-refractivity contribution >= 4 is 27.8 Å². The van der Waals surface area contributed by atoms with Crippen LogP contribution in [-0.4, -0.2) is 0 Å². The summed E-state index contributed by atoms with van der Waals surface area (Å²) in [6.45, 7) is 0. The Morgan fingerprint density at radius 2 is 0.787 bits per heavy atom. The molecule has 47 heavy (non-hydrogen) atoms. The Balaban J connectivity index is 1.34. The Hall–Kier alpha value is -6.18. The van der Waals surface area contributed by atoms with Crippen LogP contribution < -0.4 is 4.90 Å². The smallest absolute Gasteiger partial charge is 0.0645 e. The van der Waals surface area contributed by atoms with Crippen molar-refractivity contribution in [1.29, 1.82) is 0 Å². The summed E-state index contributed by atoms with van der Waals surface area (Å²) >= 11 is 0. The molecule has 0 fully saturated rings. The van der Waals surface area contributed by atoms with E-state index in [1.807, 2.05) is 103 Å². The minimum Gasteiger partial charge on any atom is -0.311 e. The molecule has 0 aliphatic carbocycles. The van der Waals surface area contributed by atoms with Crippen molar-refractivity contribution in [2.24, 2.45) is 0 Å². The lowest BCUT2D eigenvalue weighted by Gasteiger charge is -2.26.